The van der Waals surface area contributed by atoms with Crippen LogP contribution >= 0.6 is 0 Å². The molecule has 0 N–H and O–H groups in total. The molecule has 0 aliphatic carbocycles. The molecule has 0 spiro atoms. The van der Waals surface area contributed by atoms with Crippen molar-refractivity contribution in [2.24, 2.45) is 0 Å². The quantitative estimate of drug-likeness (QED) is 0.826. The molecule has 0 bridgehead atoms. The smallest absolute Gasteiger partial charge is 0.207 e. The Morgan fingerprint density at radius 1 is 0.944 bits per heavy atom. The Morgan fingerprint density at radius 3 is 2.11 bits per heavy atom. The lowest BCUT2D eigenvalue weighted by Crippen LogP contribution is -2.31. The van der Waals surface area contributed by atoms with Crippen molar-refractivity contribution >= 4 is 10.0 Å². The molecule has 1 fully saturated rings. The van der Waals surface area contributed by atoms with Crippen molar-refractivity contribution in [3.63, 3.8) is 0 Å². The van der Waals surface area contributed by atoms with E-state index in [0.717, 1.165) is 36.8 Å². The van der Waals surface area contributed by atoms with Crippen LogP contribution in [0.5, 0.6) is 0 Å². The molecule has 0 unspecified atom stereocenters. The number of nitrogens with zero attached hydrogens (tertiary/aromatic N) is 1. The molecule has 1 aromatic rings. The summed E-state index contributed by atoms with van der Waals surface area (Å²) in [6.45, 7) is 5.28. The van der Waals surface area contributed by atoms with Gasteiger partial charge in [0.05, 0.1) is 4.90 Å². The SMILES string of the molecule is Cc1ccc(S(=O)(=O)N2CCCCCC2)cc1C. The third kappa shape index (κ3) is 2.75. The molecule has 1 saturated heterocycles. The van der Waals surface area contributed by atoms with Crippen LogP contribution in [0.1, 0.15) is 36.8 Å². The molecule has 2 rings (SSSR count). The van der Waals surface area contributed by atoms with E-state index in [0.29, 0.717) is 18.0 Å². The molecule has 1 aliphatic heterocycles. The number of aryl methyl sites for hydroxylation is 2. The lowest BCUT2D eigenvalue weighted by molar-refractivity contribution is 0.423. The average Bonchev–Trinajstić information content (AvgIpc) is 2.61. The second-order valence-electron chi connectivity index (χ2n) is 5.06. The molecule has 0 atom stereocenters. The molecular formula is C14H21NO2S. The van der Waals surface area contributed by atoms with Crippen molar-refractivity contribution in [2.75, 3.05) is 13.1 Å². The van der Waals surface area contributed by atoms with Gasteiger partial charge in [-0.15, -0.1) is 0 Å². The fourth-order valence-corrected chi connectivity index (χ4v) is 3.91. The zero-order valence-electron chi connectivity index (χ0n) is 11.1. The van der Waals surface area contributed by atoms with E-state index >= 15 is 0 Å². The summed E-state index contributed by atoms with van der Waals surface area (Å²) in [5.41, 5.74) is 2.16. The van der Waals surface area contributed by atoms with Crippen molar-refractivity contribution < 1.29 is 8.42 Å². The maximum atomic E-state index is 12.5. The van der Waals surface area contributed by atoms with Crippen LogP contribution in [0.2, 0.25) is 0 Å². The number of benzene rings is 1. The summed E-state index contributed by atoms with van der Waals surface area (Å²) in [5, 5.41) is 0. The Morgan fingerprint density at radius 2 is 1.56 bits per heavy atom. The van der Waals surface area contributed by atoms with E-state index in [4.69, 9.17) is 0 Å². The van der Waals surface area contributed by atoms with E-state index in [1.165, 1.54) is 0 Å². The zero-order valence-corrected chi connectivity index (χ0v) is 12.0. The summed E-state index contributed by atoms with van der Waals surface area (Å²) in [4.78, 5) is 0.438. The van der Waals surface area contributed by atoms with Gasteiger partial charge in [-0.1, -0.05) is 18.9 Å². The summed E-state index contributed by atoms with van der Waals surface area (Å²) < 4.78 is 26.7. The number of sulfonamides is 1. The van der Waals surface area contributed by atoms with Crippen LogP contribution in [0.25, 0.3) is 0 Å². The van der Waals surface area contributed by atoms with Crippen molar-refractivity contribution in [3.8, 4) is 0 Å². The normalized spacial score (nSPS) is 18.6. The van der Waals surface area contributed by atoms with Gasteiger partial charge in [-0.25, -0.2) is 8.42 Å². The monoisotopic (exact) mass is 267 g/mol. The van der Waals surface area contributed by atoms with Gasteiger partial charge in [-0.2, -0.15) is 4.31 Å². The first kappa shape index (κ1) is 13.6. The van der Waals surface area contributed by atoms with Crippen LogP contribution in [0.3, 0.4) is 0 Å². The van der Waals surface area contributed by atoms with E-state index in [1.54, 1.807) is 16.4 Å². The van der Waals surface area contributed by atoms with Crippen LogP contribution in [-0.4, -0.2) is 25.8 Å². The standard InChI is InChI=1S/C14H21NO2S/c1-12-7-8-14(11-13(12)2)18(16,17)15-9-5-3-4-6-10-15/h7-8,11H,3-6,9-10H2,1-2H3. The van der Waals surface area contributed by atoms with Gasteiger partial charge in [0.1, 0.15) is 0 Å². The van der Waals surface area contributed by atoms with E-state index in [2.05, 4.69) is 0 Å². The van der Waals surface area contributed by atoms with E-state index in [-0.39, 0.29) is 0 Å². The Kier molecular flexibility index (Phi) is 4.07. The van der Waals surface area contributed by atoms with Gasteiger partial charge in [0.15, 0.2) is 0 Å². The predicted octanol–water partition coefficient (Wildman–Crippen LogP) is 2.87. The minimum Gasteiger partial charge on any atom is -0.207 e. The highest BCUT2D eigenvalue weighted by Crippen LogP contribution is 2.22. The highest BCUT2D eigenvalue weighted by atomic mass is 32.2. The lowest BCUT2D eigenvalue weighted by atomic mass is 10.1. The molecule has 0 aromatic heterocycles. The zero-order chi connectivity index (χ0) is 13.2. The van der Waals surface area contributed by atoms with Gasteiger partial charge in [0.25, 0.3) is 0 Å². The van der Waals surface area contributed by atoms with Crippen LogP contribution in [0.15, 0.2) is 23.1 Å². The van der Waals surface area contributed by atoms with E-state index < -0.39 is 10.0 Å². The van der Waals surface area contributed by atoms with Gasteiger partial charge in [-0.05, 0) is 49.9 Å². The van der Waals surface area contributed by atoms with Crippen molar-refractivity contribution in [1.29, 1.82) is 0 Å². The Hall–Kier alpha value is -0.870. The topological polar surface area (TPSA) is 37.4 Å². The molecule has 100 valence electrons. The fraction of sp³-hybridized carbons (Fsp3) is 0.571. The molecule has 1 heterocycles. The fourth-order valence-electron chi connectivity index (χ4n) is 2.31. The highest BCUT2D eigenvalue weighted by molar-refractivity contribution is 7.89. The first-order chi connectivity index (χ1) is 8.51. The second kappa shape index (κ2) is 5.41. The third-order valence-corrected chi connectivity index (χ3v) is 5.58. The van der Waals surface area contributed by atoms with Crippen LogP contribution in [0.4, 0.5) is 0 Å². The predicted molar refractivity (Wildman–Crippen MR) is 73.1 cm³/mol. The highest BCUT2D eigenvalue weighted by Gasteiger charge is 2.25. The minimum atomic E-state index is -3.29. The Balaban J connectivity index is 2.31. The van der Waals surface area contributed by atoms with Crippen molar-refractivity contribution in [1.82, 2.24) is 4.31 Å². The van der Waals surface area contributed by atoms with Crippen molar-refractivity contribution in [3.05, 3.63) is 29.3 Å². The average molecular weight is 267 g/mol. The molecule has 3 nitrogen and oxygen atoms in total. The summed E-state index contributed by atoms with van der Waals surface area (Å²) in [6, 6.07) is 5.40. The van der Waals surface area contributed by atoms with Gasteiger partial charge in [0.2, 0.25) is 10.0 Å². The summed E-state index contributed by atoms with van der Waals surface area (Å²) >= 11 is 0. The van der Waals surface area contributed by atoms with E-state index in [1.807, 2.05) is 19.9 Å². The van der Waals surface area contributed by atoms with Gasteiger partial charge in [0, 0.05) is 13.1 Å². The number of hydrogen-bond acceptors (Lipinski definition) is 2. The second-order valence-corrected chi connectivity index (χ2v) is 7.00. The number of hydrogen-bond donors (Lipinski definition) is 0. The Bertz CT molecular complexity index is 515. The first-order valence-electron chi connectivity index (χ1n) is 6.59. The van der Waals surface area contributed by atoms with Crippen LogP contribution < -0.4 is 0 Å². The van der Waals surface area contributed by atoms with Gasteiger partial charge >= 0.3 is 0 Å². The largest absolute Gasteiger partial charge is 0.243 e. The Labute approximate surface area is 110 Å². The molecule has 0 radical (unpaired) electrons. The minimum absolute atomic E-state index is 0.438. The third-order valence-electron chi connectivity index (χ3n) is 3.68. The lowest BCUT2D eigenvalue weighted by Gasteiger charge is -2.20. The molecular weight excluding hydrogens is 246 g/mol. The molecule has 0 amide bonds. The summed E-state index contributed by atoms with van der Waals surface area (Å²) in [5.74, 6) is 0. The molecule has 4 heteroatoms. The van der Waals surface area contributed by atoms with E-state index in [9.17, 15) is 8.42 Å². The summed E-state index contributed by atoms with van der Waals surface area (Å²) in [7, 11) is -3.29. The molecule has 1 aliphatic rings. The van der Waals surface area contributed by atoms with Gasteiger partial charge < -0.3 is 0 Å². The first-order valence-corrected chi connectivity index (χ1v) is 8.03. The van der Waals surface area contributed by atoms with Crippen LogP contribution in [-0.2, 0) is 10.0 Å². The molecule has 0 saturated carbocycles. The van der Waals surface area contributed by atoms with Crippen molar-refractivity contribution in [2.45, 2.75) is 44.4 Å². The maximum absolute atomic E-state index is 12.5. The molecule has 1 aromatic carbocycles. The number of rotatable bonds is 2. The van der Waals surface area contributed by atoms with Gasteiger partial charge in [-0.3, -0.25) is 0 Å². The molecule has 18 heavy (non-hydrogen) atoms. The maximum Gasteiger partial charge on any atom is 0.243 e. The summed E-state index contributed by atoms with van der Waals surface area (Å²) in [6.07, 6.45) is 4.23. The van der Waals surface area contributed by atoms with Crippen LogP contribution in [0, 0.1) is 13.8 Å².